The molecule has 0 unspecified atom stereocenters. The van der Waals surface area contributed by atoms with Gasteiger partial charge in [0.05, 0.1) is 10.9 Å². The van der Waals surface area contributed by atoms with E-state index in [1.807, 2.05) is 0 Å². The molecule has 0 bridgehead atoms. The highest BCUT2D eigenvalue weighted by Crippen LogP contribution is 2.09. The molecule has 5 heteroatoms. The number of hydrogen-bond acceptors (Lipinski definition) is 3. The average Bonchev–Trinajstić information content (AvgIpc) is 2.17. The summed E-state index contributed by atoms with van der Waals surface area (Å²) in [4.78, 5) is 18.1. The molecule has 2 rings (SSSR count). The van der Waals surface area contributed by atoms with Crippen LogP contribution in [-0.2, 0) is 11.3 Å². The Morgan fingerprint density at radius 3 is 3.07 bits per heavy atom. The highest BCUT2D eigenvalue weighted by molar-refractivity contribution is 5.77. The van der Waals surface area contributed by atoms with E-state index in [1.165, 1.54) is 25.3 Å². The zero-order chi connectivity index (χ0) is 10.8. The number of benzene rings is 1. The van der Waals surface area contributed by atoms with Crippen LogP contribution in [0.1, 0.15) is 5.82 Å². The number of fused-ring (bicyclic) bond motifs is 1. The van der Waals surface area contributed by atoms with Gasteiger partial charge in [0.2, 0.25) is 0 Å². The molecule has 0 saturated carbocycles. The maximum Gasteiger partial charge on any atom is 0.258 e. The summed E-state index contributed by atoms with van der Waals surface area (Å²) >= 11 is 0. The number of methoxy groups -OCH3 is 1. The summed E-state index contributed by atoms with van der Waals surface area (Å²) in [6.07, 6.45) is 0. The SMILES string of the molecule is COCc1nc2cc(F)ccc2c(=O)[nH]1. The van der Waals surface area contributed by atoms with Gasteiger partial charge in [-0.3, -0.25) is 4.79 Å². The van der Waals surface area contributed by atoms with E-state index in [0.29, 0.717) is 16.7 Å². The third-order valence-corrected chi connectivity index (χ3v) is 2.00. The lowest BCUT2D eigenvalue weighted by Crippen LogP contribution is -2.12. The summed E-state index contributed by atoms with van der Waals surface area (Å²) in [6.45, 7) is 0.196. The molecular formula is C10H9FN2O2. The molecule has 1 aromatic heterocycles. The van der Waals surface area contributed by atoms with E-state index in [1.54, 1.807) is 0 Å². The van der Waals surface area contributed by atoms with Gasteiger partial charge in [-0.25, -0.2) is 9.37 Å². The van der Waals surface area contributed by atoms with Crippen LogP contribution in [0.4, 0.5) is 4.39 Å². The molecule has 0 spiro atoms. The Morgan fingerprint density at radius 1 is 1.53 bits per heavy atom. The Labute approximate surface area is 84.7 Å². The topological polar surface area (TPSA) is 55.0 Å². The zero-order valence-corrected chi connectivity index (χ0v) is 8.08. The summed E-state index contributed by atoms with van der Waals surface area (Å²) in [5, 5.41) is 0.372. The molecule has 1 heterocycles. The van der Waals surface area contributed by atoms with E-state index >= 15 is 0 Å². The molecule has 0 atom stereocenters. The number of ether oxygens (including phenoxy) is 1. The minimum absolute atomic E-state index is 0.196. The predicted molar refractivity (Wildman–Crippen MR) is 53.0 cm³/mol. The molecule has 0 amide bonds. The third-order valence-electron chi connectivity index (χ3n) is 2.00. The highest BCUT2D eigenvalue weighted by Gasteiger charge is 2.04. The first-order valence-electron chi connectivity index (χ1n) is 4.38. The fourth-order valence-corrected chi connectivity index (χ4v) is 1.37. The molecule has 0 fully saturated rings. The summed E-state index contributed by atoms with van der Waals surface area (Å²) < 4.78 is 17.7. The lowest BCUT2D eigenvalue weighted by molar-refractivity contribution is 0.178. The van der Waals surface area contributed by atoms with Crippen LogP contribution < -0.4 is 5.56 Å². The molecule has 4 nitrogen and oxygen atoms in total. The summed E-state index contributed by atoms with van der Waals surface area (Å²) in [7, 11) is 1.50. The van der Waals surface area contributed by atoms with Gasteiger partial charge in [-0.1, -0.05) is 0 Å². The Kier molecular flexibility index (Phi) is 2.47. The van der Waals surface area contributed by atoms with Crippen molar-refractivity contribution in [2.75, 3.05) is 7.11 Å². The predicted octanol–water partition coefficient (Wildman–Crippen LogP) is 1.21. The van der Waals surface area contributed by atoms with Gasteiger partial charge in [-0.15, -0.1) is 0 Å². The van der Waals surface area contributed by atoms with Crippen LogP contribution in [0.5, 0.6) is 0 Å². The molecule has 0 aliphatic heterocycles. The van der Waals surface area contributed by atoms with Crippen molar-refractivity contribution in [3.8, 4) is 0 Å². The summed E-state index contributed by atoms with van der Waals surface area (Å²) in [5.41, 5.74) is 0.0536. The number of nitrogens with zero attached hydrogens (tertiary/aromatic N) is 1. The van der Waals surface area contributed by atoms with E-state index in [2.05, 4.69) is 9.97 Å². The Hall–Kier alpha value is -1.75. The van der Waals surface area contributed by atoms with Crippen molar-refractivity contribution in [3.63, 3.8) is 0 Å². The number of hydrogen-bond donors (Lipinski definition) is 1. The van der Waals surface area contributed by atoms with Gasteiger partial charge >= 0.3 is 0 Å². The molecule has 2 aromatic rings. The van der Waals surface area contributed by atoms with Crippen LogP contribution in [0, 0.1) is 5.82 Å². The molecule has 0 radical (unpaired) electrons. The monoisotopic (exact) mass is 208 g/mol. The molecule has 0 aliphatic carbocycles. The van der Waals surface area contributed by atoms with Crippen LogP contribution in [0.3, 0.4) is 0 Å². The van der Waals surface area contributed by atoms with Gasteiger partial charge in [-0.2, -0.15) is 0 Å². The van der Waals surface area contributed by atoms with E-state index in [4.69, 9.17) is 4.74 Å². The number of aromatic nitrogens is 2. The summed E-state index contributed by atoms with van der Waals surface area (Å²) in [5.74, 6) is -0.0235. The van der Waals surface area contributed by atoms with Crippen LogP contribution in [0.25, 0.3) is 10.9 Å². The second kappa shape index (κ2) is 3.78. The van der Waals surface area contributed by atoms with Crippen molar-refractivity contribution in [2.24, 2.45) is 0 Å². The number of halogens is 1. The quantitative estimate of drug-likeness (QED) is 0.807. The first-order valence-corrected chi connectivity index (χ1v) is 4.38. The van der Waals surface area contributed by atoms with Crippen LogP contribution in [-0.4, -0.2) is 17.1 Å². The van der Waals surface area contributed by atoms with E-state index < -0.39 is 5.82 Å². The Bertz CT molecular complexity index is 551. The molecule has 0 saturated heterocycles. The van der Waals surface area contributed by atoms with Gasteiger partial charge in [0.1, 0.15) is 18.2 Å². The number of rotatable bonds is 2. The number of aromatic amines is 1. The van der Waals surface area contributed by atoms with Crippen LogP contribution >= 0.6 is 0 Å². The maximum atomic E-state index is 12.9. The smallest absolute Gasteiger partial charge is 0.258 e. The molecular weight excluding hydrogens is 199 g/mol. The van der Waals surface area contributed by atoms with Crippen LogP contribution in [0.2, 0.25) is 0 Å². The van der Waals surface area contributed by atoms with Crippen molar-refractivity contribution < 1.29 is 9.13 Å². The average molecular weight is 208 g/mol. The van der Waals surface area contributed by atoms with E-state index in [9.17, 15) is 9.18 Å². The molecule has 1 aromatic carbocycles. The van der Waals surface area contributed by atoms with Gasteiger partial charge in [0.15, 0.2) is 0 Å². The van der Waals surface area contributed by atoms with Crippen molar-refractivity contribution in [3.05, 3.63) is 40.2 Å². The standard InChI is InChI=1S/C10H9FN2O2/c1-15-5-9-12-8-4-6(11)2-3-7(8)10(14)13-9/h2-4H,5H2,1H3,(H,12,13,14). The minimum Gasteiger partial charge on any atom is -0.377 e. The minimum atomic E-state index is -0.413. The lowest BCUT2D eigenvalue weighted by Gasteiger charge is -2.01. The first-order chi connectivity index (χ1) is 7.20. The fraction of sp³-hybridized carbons (Fsp3) is 0.200. The van der Waals surface area contributed by atoms with Gasteiger partial charge < -0.3 is 9.72 Å². The maximum absolute atomic E-state index is 12.9. The Balaban J connectivity index is 2.68. The summed E-state index contributed by atoms with van der Waals surface area (Å²) in [6, 6.07) is 3.87. The van der Waals surface area contributed by atoms with Gasteiger partial charge in [0, 0.05) is 13.2 Å². The highest BCUT2D eigenvalue weighted by atomic mass is 19.1. The molecule has 0 aliphatic rings. The first kappa shape index (κ1) is 9.79. The van der Waals surface area contributed by atoms with Crippen LogP contribution in [0.15, 0.2) is 23.0 Å². The zero-order valence-electron chi connectivity index (χ0n) is 8.08. The normalized spacial score (nSPS) is 10.8. The second-order valence-corrected chi connectivity index (χ2v) is 3.11. The van der Waals surface area contributed by atoms with Gasteiger partial charge in [0.25, 0.3) is 5.56 Å². The molecule has 1 N–H and O–H groups in total. The number of nitrogens with one attached hydrogen (secondary N) is 1. The van der Waals surface area contributed by atoms with Gasteiger partial charge in [-0.05, 0) is 12.1 Å². The molecule has 78 valence electrons. The largest absolute Gasteiger partial charge is 0.377 e. The van der Waals surface area contributed by atoms with Crippen molar-refractivity contribution >= 4 is 10.9 Å². The lowest BCUT2D eigenvalue weighted by atomic mass is 10.2. The third kappa shape index (κ3) is 1.87. The van der Waals surface area contributed by atoms with Crippen molar-refractivity contribution in [1.82, 2.24) is 9.97 Å². The second-order valence-electron chi connectivity index (χ2n) is 3.11. The molecule has 15 heavy (non-hydrogen) atoms. The Morgan fingerprint density at radius 2 is 2.33 bits per heavy atom. The van der Waals surface area contributed by atoms with Crippen molar-refractivity contribution in [2.45, 2.75) is 6.61 Å². The van der Waals surface area contributed by atoms with E-state index in [-0.39, 0.29) is 12.2 Å². The van der Waals surface area contributed by atoms with Crippen molar-refractivity contribution in [1.29, 1.82) is 0 Å². The fourth-order valence-electron chi connectivity index (χ4n) is 1.37. The number of H-pyrrole nitrogens is 1. The van der Waals surface area contributed by atoms with E-state index in [0.717, 1.165) is 0 Å².